The van der Waals surface area contributed by atoms with E-state index in [4.69, 9.17) is 4.98 Å². The number of hydrogen-bond donors (Lipinski definition) is 0. The fraction of sp³-hybridized carbons (Fsp3) is 0.217. The van der Waals surface area contributed by atoms with E-state index in [1.54, 1.807) is 28.9 Å². The summed E-state index contributed by atoms with van der Waals surface area (Å²) >= 11 is 3.38. The molecule has 0 N–H and O–H groups in total. The molecule has 0 bridgehead atoms. The SMILES string of the molecule is O=C(c1csnn1)N1CCN(c2cnc(-c3ccc(F)cc3F)c(-c3ccncc3CI)n2)CC1. The Bertz CT molecular complexity index is 1360. The van der Waals surface area contributed by atoms with Crippen molar-refractivity contribution in [3.63, 3.8) is 0 Å². The fourth-order valence-corrected chi connectivity index (χ4v) is 4.96. The van der Waals surface area contributed by atoms with Gasteiger partial charge in [-0.25, -0.2) is 18.7 Å². The number of carbonyl (C=O) groups is 1. The number of carbonyl (C=O) groups excluding carboxylic acids is 1. The van der Waals surface area contributed by atoms with Crippen molar-refractivity contribution in [1.82, 2.24) is 29.4 Å². The summed E-state index contributed by atoms with van der Waals surface area (Å²) in [6.45, 7) is 2.10. The molecule has 0 aliphatic carbocycles. The van der Waals surface area contributed by atoms with Crippen LogP contribution >= 0.6 is 34.1 Å². The minimum atomic E-state index is -0.706. The number of halogens is 3. The first-order valence-corrected chi connectivity index (χ1v) is 13.0. The van der Waals surface area contributed by atoms with Gasteiger partial charge in [0, 0.05) is 65.6 Å². The van der Waals surface area contributed by atoms with E-state index in [9.17, 15) is 13.6 Å². The van der Waals surface area contributed by atoms with Crippen LogP contribution in [0.2, 0.25) is 0 Å². The highest BCUT2D eigenvalue weighted by molar-refractivity contribution is 14.1. The molecule has 1 aliphatic heterocycles. The Morgan fingerprint density at radius 3 is 2.60 bits per heavy atom. The smallest absolute Gasteiger partial charge is 0.275 e. The Morgan fingerprint density at radius 1 is 1.06 bits per heavy atom. The maximum Gasteiger partial charge on any atom is 0.275 e. The molecular weight excluding hydrogens is 587 g/mol. The predicted molar refractivity (Wildman–Crippen MR) is 136 cm³/mol. The van der Waals surface area contributed by atoms with E-state index in [0.717, 1.165) is 28.7 Å². The van der Waals surface area contributed by atoms with Crippen molar-refractivity contribution in [2.45, 2.75) is 4.43 Å². The zero-order valence-electron chi connectivity index (χ0n) is 18.2. The molecule has 0 radical (unpaired) electrons. The van der Waals surface area contributed by atoms with Crippen molar-refractivity contribution >= 4 is 45.8 Å². The average molecular weight is 605 g/mol. The monoisotopic (exact) mass is 605 g/mol. The number of hydrogen-bond acceptors (Lipinski definition) is 8. The number of alkyl halides is 1. The maximum atomic E-state index is 14.7. The summed E-state index contributed by atoms with van der Waals surface area (Å²) in [6.07, 6.45) is 5.00. The molecule has 0 saturated carbocycles. The van der Waals surface area contributed by atoms with Crippen LogP contribution in [-0.4, -0.2) is 61.5 Å². The van der Waals surface area contributed by atoms with E-state index < -0.39 is 11.6 Å². The Kier molecular flexibility index (Phi) is 6.90. The van der Waals surface area contributed by atoms with Crippen molar-refractivity contribution in [2.24, 2.45) is 0 Å². The van der Waals surface area contributed by atoms with Gasteiger partial charge >= 0.3 is 0 Å². The number of piperazine rings is 1. The lowest BCUT2D eigenvalue weighted by molar-refractivity contribution is 0.0740. The summed E-state index contributed by atoms with van der Waals surface area (Å²) in [5, 5.41) is 5.50. The molecule has 0 unspecified atom stereocenters. The van der Waals surface area contributed by atoms with Crippen LogP contribution in [-0.2, 0) is 4.43 Å². The van der Waals surface area contributed by atoms with E-state index in [1.165, 1.54) is 12.1 Å². The van der Waals surface area contributed by atoms with Crippen LogP contribution in [0.5, 0.6) is 0 Å². The Labute approximate surface area is 217 Å². The molecule has 3 aromatic heterocycles. The second kappa shape index (κ2) is 10.2. The van der Waals surface area contributed by atoms with Gasteiger partial charge in [-0.3, -0.25) is 9.78 Å². The van der Waals surface area contributed by atoms with E-state index in [2.05, 4.69) is 42.1 Å². The largest absolute Gasteiger partial charge is 0.352 e. The molecule has 35 heavy (non-hydrogen) atoms. The zero-order chi connectivity index (χ0) is 24.4. The first-order valence-electron chi connectivity index (χ1n) is 10.7. The van der Waals surface area contributed by atoms with Gasteiger partial charge in [-0.15, -0.1) is 5.10 Å². The third-order valence-electron chi connectivity index (χ3n) is 5.72. The maximum absolute atomic E-state index is 14.7. The van der Waals surface area contributed by atoms with Gasteiger partial charge in [0.15, 0.2) is 5.69 Å². The standard InChI is InChI=1S/C23H18F2IN7OS/c24-15-1-2-17(18(25)9-15)21-22(16-3-4-27-11-14(16)10-26)29-20(12-28-21)32-5-7-33(8-6-32)23(34)19-13-35-31-30-19/h1-4,9,11-13H,5-8,10H2. The lowest BCUT2D eigenvalue weighted by Gasteiger charge is -2.35. The van der Waals surface area contributed by atoms with Crippen LogP contribution < -0.4 is 4.90 Å². The molecule has 4 heterocycles. The van der Waals surface area contributed by atoms with Gasteiger partial charge in [-0.05, 0) is 35.3 Å². The van der Waals surface area contributed by atoms with Crippen molar-refractivity contribution in [3.8, 4) is 22.5 Å². The number of anilines is 1. The van der Waals surface area contributed by atoms with E-state index in [-0.39, 0.29) is 11.5 Å². The van der Waals surface area contributed by atoms with Gasteiger partial charge in [-0.1, -0.05) is 27.1 Å². The molecule has 8 nitrogen and oxygen atoms in total. The molecule has 1 aromatic carbocycles. The molecule has 1 amide bonds. The number of benzene rings is 1. The average Bonchev–Trinajstić information content (AvgIpc) is 3.43. The second-order valence-electron chi connectivity index (χ2n) is 7.79. The first kappa shape index (κ1) is 23.6. The molecule has 0 spiro atoms. The summed E-state index contributed by atoms with van der Waals surface area (Å²) < 4.78 is 32.7. The quantitative estimate of drug-likeness (QED) is 0.249. The number of aromatic nitrogens is 5. The highest BCUT2D eigenvalue weighted by Crippen LogP contribution is 2.34. The highest BCUT2D eigenvalue weighted by atomic mass is 127. The van der Waals surface area contributed by atoms with Gasteiger partial charge in [0.2, 0.25) is 0 Å². The Hall–Kier alpha value is -3.13. The molecule has 4 aromatic rings. The van der Waals surface area contributed by atoms with Crippen LogP contribution in [0, 0.1) is 11.6 Å². The van der Waals surface area contributed by atoms with Crippen molar-refractivity contribution < 1.29 is 13.6 Å². The van der Waals surface area contributed by atoms with Gasteiger partial charge in [0.05, 0.1) is 17.6 Å². The zero-order valence-corrected chi connectivity index (χ0v) is 21.2. The third-order valence-corrected chi connectivity index (χ3v) is 7.05. The lowest BCUT2D eigenvalue weighted by atomic mass is 10.0. The Balaban J connectivity index is 1.49. The van der Waals surface area contributed by atoms with Crippen LogP contribution in [0.25, 0.3) is 22.5 Å². The molecule has 178 valence electrons. The Morgan fingerprint density at radius 2 is 1.89 bits per heavy atom. The minimum Gasteiger partial charge on any atom is -0.352 e. The second-order valence-corrected chi connectivity index (χ2v) is 9.16. The van der Waals surface area contributed by atoms with Crippen LogP contribution in [0.15, 0.2) is 48.2 Å². The molecule has 1 fully saturated rings. The predicted octanol–water partition coefficient (Wildman–Crippen LogP) is 4.23. The number of pyridine rings is 1. The summed E-state index contributed by atoms with van der Waals surface area (Å²) in [7, 11) is 0. The first-order chi connectivity index (χ1) is 17.0. The molecule has 1 saturated heterocycles. The lowest BCUT2D eigenvalue weighted by Crippen LogP contribution is -2.49. The molecule has 1 aliphatic rings. The third kappa shape index (κ3) is 4.85. The highest BCUT2D eigenvalue weighted by Gasteiger charge is 2.26. The van der Waals surface area contributed by atoms with Crippen molar-refractivity contribution in [3.05, 3.63) is 71.1 Å². The molecular formula is C23H18F2IN7OS. The van der Waals surface area contributed by atoms with Gasteiger partial charge in [0.25, 0.3) is 5.91 Å². The van der Waals surface area contributed by atoms with Gasteiger partial charge in [-0.2, -0.15) is 0 Å². The van der Waals surface area contributed by atoms with Crippen LogP contribution in [0.3, 0.4) is 0 Å². The molecule has 5 rings (SSSR count). The summed E-state index contributed by atoms with van der Waals surface area (Å²) in [6, 6.07) is 5.25. The topological polar surface area (TPSA) is 88.0 Å². The number of amides is 1. The minimum absolute atomic E-state index is 0.143. The van der Waals surface area contributed by atoms with Crippen LogP contribution in [0.1, 0.15) is 16.1 Å². The molecule has 0 atom stereocenters. The number of nitrogens with zero attached hydrogens (tertiary/aromatic N) is 7. The number of rotatable bonds is 5. The van der Waals surface area contributed by atoms with E-state index in [0.29, 0.717) is 53.5 Å². The van der Waals surface area contributed by atoms with Crippen molar-refractivity contribution in [2.75, 3.05) is 31.1 Å². The fourth-order valence-electron chi connectivity index (χ4n) is 3.92. The van der Waals surface area contributed by atoms with E-state index >= 15 is 0 Å². The normalized spacial score (nSPS) is 13.8. The van der Waals surface area contributed by atoms with E-state index in [1.807, 2.05) is 11.0 Å². The summed E-state index contributed by atoms with van der Waals surface area (Å²) in [4.78, 5) is 30.0. The van der Waals surface area contributed by atoms with Gasteiger partial charge < -0.3 is 9.80 Å². The van der Waals surface area contributed by atoms with Crippen molar-refractivity contribution in [1.29, 1.82) is 0 Å². The van der Waals surface area contributed by atoms with Gasteiger partial charge in [0.1, 0.15) is 17.5 Å². The van der Waals surface area contributed by atoms with Crippen LogP contribution in [0.4, 0.5) is 14.6 Å². The molecule has 12 heteroatoms. The summed E-state index contributed by atoms with van der Waals surface area (Å²) in [5.41, 5.74) is 3.05. The summed E-state index contributed by atoms with van der Waals surface area (Å²) in [5.74, 6) is -0.891.